The van der Waals surface area contributed by atoms with Crippen LogP contribution in [0.15, 0.2) is 48.5 Å². The summed E-state index contributed by atoms with van der Waals surface area (Å²) in [4.78, 5) is 0. The Bertz CT molecular complexity index is 1010. The summed E-state index contributed by atoms with van der Waals surface area (Å²) in [6, 6.07) is 14.6. The molecule has 0 saturated carbocycles. The van der Waals surface area contributed by atoms with Gasteiger partial charge in [-0.1, -0.05) is 30.3 Å². The van der Waals surface area contributed by atoms with Crippen molar-refractivity contribution in [2.75, 3.05) is 0 Å². The maximum atomic E-state index is 12.7. The maximum Gasteiger partial charge on any atom is 0.460 e. The molecule has 0 amide bonds. The van der Waals surface area contributed by atoms with Crippen LogP contribution in [-0.4, -0.2) is 36.2 Å². The highest BCUT2D eigenvalue weighted by Gasteiger charge is 2.85. The number of halogens is 11. The molecule has 0 heterocycles. The van der Waals surface area contributed by atoms with Crippen molar-refractivity contribution in [1.82, 2.24) is 0 Å². The second-order valence-electron chi connectivity index (χ2n) is 5.63. The lowest BCUT2D eigenvalue weighted by Crippen LogP contribution is -2.63. The van der Waals surface area contributed by atoms with Crippen LogP contribution in [-0.2, 0) is 10.1 Å². The molecule has 0 radical (unpaired) electrons. The topological polar surface area (TPSA) is 54.4 Å². The minimum atomic E-state index is -7.37. The molecular weight excluding hydrogens is 589 g/mol. The Morgan fingerprint density at radius 2 is 1.19 bits per heavy atom. The third-order valence-corrected chi connectivity index (χ3v) is 5.31. The van der Waals surface area contributed by atoms with Gasteiger partial charge in [-0.05, 0) is 51.9 Å². The summed E-state index contributed by atoms with van der Waals surface area (Å²) in [5.41, 5.74) is 2.20. The number of hydrogen-bond acceptors (Lipinski definition) is 2. The Morgan fingerprint density at radius 3 is 1.58 bits per heavy atom. The fraction of sp³-hybridized carbons (Fsp3) is 0.250. The highest BCUT2D eigenvalue weighted by molar-refractivity contribution is 14.1. The standard InChI is InChI=1S/C12H8FI.C4HF9O3S/c13-10-7-5-9(6-8-10)11-3-1-2-4-12(11)14;5-1(6,3(9,10)11)2(7,8)4(12,13)17(14,15)16/h1-8H;(H,14,15,16). The Hall–Kier alpha value is -1.62. The Kier molecular flexibility index (Phi) is 8.04. The van der Waals surface area contributed by atoms with Gasteiger partial charge in [0.05, 0.1) is 0 Å². The van der Waals surface area contributed by atoms with E-state index in [1.165, 1.54) is 15.7 Å². The summed E-state index contributed by atoms with van der Waals surface area (Å²) in [6.07, 6.45) is -7.13. The molecule has 174 valence electrons. The number of alkyl halides is 9. The quantitative estimate of drug-likeness (QED) is 0.252. The van der Waals surface area contributed by atoms with E-state index in [2.05, 4.69) is 22.6 Å². The van der Waals surface area contributed by atoms with Crippen molar-refractivity contribution < 1.29 is 56.9 Å². The Morgan fingerprint density at radius 1 is 0.742 bits per heavy atom. The van der Waals surface area contributed by atoms with E-state index in [9.17, 15) is 52.3 Å². The van der Waals surface area contributed by atoms with Crippen molar-refractivity contribution >= 4 is 32.7 Å². The van der Waals surface area contributed by atoms with Gasteiger partial charge < -0.3 is 0 Å². The van der Waals surface area contributed by atoms with Gasteiger partial charge in [-0.2, -0.15) is 47.9 Å². The van der Waals surface area contributed by atoms with E-state index in [1.807, 2.05) is 24.3 Å². The number of rotatable bonds is 4. The van der Waals surface area contributed by atoms with Gasteiger partial charge in [0.2, 0.25) is 0 Å². The van der Waals surface area contributed by atoms with E-state index in [1.54, 1.807) is 12.1 Å². The molecule has 15 heteroatoms. The Balaban J connectivity index is 0.000000314. The predicted octanol–water partition coefficient (Wildman–Crippen LogP) is 6.40. The fourth-order valence-corrected chi connectivity index (χ4v) is 3.00. The molecule has 1 N–H and O–H groups in total. The maximum absolute atomic E-state index is 12.7. The zero-order valence-corrected chi connectivity index (χ0v) is 17.4. The summed E-state index contributed by atoms with van der Waals surface area (Å²) in [5, 5.41) is -7.00. The van der Waals surface area contributed by atoms with Gasteiger partial charge in [0, 0.05) is 3.57 Å². The summed E-state index contributed by atoms with van der Waals surface area (Å²) in [6.45, 7) is 0. The molecule has 31 heavy (non-hydrogen) atoms. The average molecular weight is 598 g/mol. The molecule has 2 aromatic carbocycles. The van der Waals surface area contributed by atoms with Gasteiger partial charge in [0.25, 0.3) is 0 Å². The van der Waals surface area contributed by atoms with Crippen LogP contribution in [0, 0.1) is 9.39 Å². The first kappa shape index (κ1) is 27.4. The zero-order valence-electron chi connectivity index (χ0n) is 14.4. The highest BCUT2D eigenvalue weighted by atomic mass is 127. The van der Waals surface area contributed by atoms with Crippen molar-refractivity contribution in [3.63, 3.8) is 0 Å². The molecule has 0 atom stereocenters. The van der Waals surface area contributed by atoms with Crippen LogP contribution in [0.3, 0.4) is 0 Å². The van der Waals surface area contributed by atoms with Crippen LogP contribution in [0.2, 0.25) is 0 Å². The van der Waals surface area contributed by atoms with Crippen LogP contribution >= 0.6 is 22.6 Å². The minimum absolute atomic E-state index is 0.195. The summed E-state index contributed by atoms with van der Waals surface area (Å²) in [7, 11) is -7.17. The van der Waals surface area contributed by atoms with E-state index in [0.29, 0.717) is 0 Å². The lowest BCUT2D eigenvalue weighted by molar-refractivity contribution is -0.382. The second-order valence-corrected chi connectivity index (χ2v) is 8.25. The van der Waals surface area contributed by atoms with Gasteiger partial charge in [-0.25, -0.2) is 4.39 Å². The molecule has 0 aliphatic heterocycles. The van der Waals surface area contributed by atoms with E-state index < -0.39 is 33.4 Å². The van der Waals surface area contributed by atoms with Gasteiger partial charge in [-0.3, -0.25) is 4.55 Å². The van der Waals surface area contributed by atoms with E-state index in [-0.39, 0.29) is 5.82 Å². The molecule has 0 spiro atoms. The van der Waals surface area contributed by atoms with Crippen LogP contribution in [0.25, 0.3) is 11.1 Å². The van der Waals surface area contributed by atoms with Gasteiger partial charge in [0.1, 0.15) is 5.82 Å². The number of hydrogen-bond donors (Lipinski definition) is 1. The molecule has 0 aliphatic carbocycles. The van der Waals surface area contributed by atoms with Crippen molar-refractivity contribution in [2.24, 2.45) is 0 Å². The smallest absolute Gasteiger partial charge is 0.281 e. The van der Waals surface area contributed by atoms with Gasteiger partial charge in [0.15, 0.2) is 0 Å². The normalized spacial score (nSPS) is 13.4. The van der Waals surface area contributed by atoms with Crippen molar-refractivity contribution in [3.05, 3.63) is 57.9 Å². The van der Waals surface area contributed by atoms with Crippen molar-refractivity contribution in [1.29, 1.82) is 0 Å². The largest absolute Gasteiger partial charge is 0.460 e. The molecule has 2 aromatic rings. The molecule has 0 aromatic heterocycles. The first-order valence-electron chi connectivity index (χ1n) is 7.45. The lowest BCUT2D eigenvalue weighted by Gasteiger charge is -2.31. The van der Waals surface area contributed by atoms with Crippen LogP contribution < -0.4 is 0 Å². The van der Waals surface area contributed by atoms with E-state index >= 15 is 0 Å². The summed E-state index contributed by atoms with van der Waals surface area (Å²) < 4.78 is 148. The molecule has 3 nitrogen and oxygen atoms in total. The molecular formula is C16H9F10IO3S. The molecule has 2 rings (SSSR count). The summed E-state index contributed by atoms with van der Waals surface area (Å²) >= 11 is 2.28. The molecule has 0 unspecified atom stereocenters. The lowest BCUT2D eigenvalue weighted by atomic mass is 10.1. The van der Waals surface area contributed by atoms with Crippen molar-refractivity contribution in [3.8, 4) is 11.1 Å². The monoisotopic (exact) mass is 598 g/mol. The average Bonchev–Trinajstić information content (AvgIpc) is 2.61. The Labute approximate surface area is 181 Å². The third-order valence-electron chi connectivity index (χ3n) is 3.47. The second kappa shape index (κ2) is 9.09. The molecule has 0 bridgehead atoms. The fourth-order valence-electron chi connectivity index (χ4n) is 1.85. The molecule has 0 saturated heterocycles. The van der Waals surface area contributed by atoms with Crippen LogP contribution in [0.1, 0.15) is 0 Å². The highest BCUT2D eigenvalue weighted by Crippen LogP contribution is 2.54. The molecule has 0 fully saturated rings. The van der Waals surface area contributed by atoms with Crippen molar-refractivity contribution in [2.45, 2.75) is 23.3 Å². The number of benzene rings is 2. The summed E-state index contributed by atoms with van der Waals surface area (Å²) in [5.74, 6) is -14.9. The van der Waals surface area contributed by atoms with Gasteiger partial charge in [-0.15, -0.1) is 0 Å². The zero-order chi connectivity index (χ0) is 24.5. The van der Waals surface area contributed by atoms with E-state index in [0.717, 1.165) is 11.1 Å². The molecule has 0 aliphatic rings. The SMILES string of the molecule is Fc1ccc(-c2ccccc2I)cc1.O=S(=O)(O)C(F)(F)C(F)(F)C(F)(F)C(F)(F)F. The minimum Gasteiger partial charge on any atom is -0.281 e. The van der Waals surface area contributed by atoms with E-state index in [4.69, 9.17) is 4.55 Å². The predicted molar refractivity (Wildman–Crippen MR) is 97.0 cm³/mol. The van der Waals surface area contributed by atoms with Gasteiger partial charge >= 0.3 is 33.4 Å². The first-order chi connectivity index (χ1) is 13.8. The third kappa shape index (κ3) is 5.60. The van der Waals surface area contributed by atoms with Crippen LogP contribution in [0.5, 0.6) is 0 Å². The first-order valence-corrected chi connectivity index (χ1v) is 9.97. The van der Waals surface area contributed by atoms with Crippen LogP contribution in [0.4, 0.5) is 43.9 Å².